The van der Waals surface area contributed by atoms with Crippen LogP contribution < -0.4 is 10.9 Å². The Morgan fingerprint density at radius 2 is 1.67 bits per heavy atom. The van der Waals surface area contributed by atoms with Crippen LogP contribution in [0, 0.1) is 0 Å². The number of halogens is 2. The summed E-state index contributed by atoms with van der Waals surface area (Å²) in [5, 5.41) is 8.57. The summed E-state index contributed by atoms with van der Waals surface area (Å²) >= 11 is 12.3. The lowest BCUT2D eigenvalue weighted by molar-refractivity contribution is -0.116. The fourth-order valence-electron chi connectivity index (χ4n) is 3.50. The third-order valence-corrected chi connectivity index (χ3v) is 5.90. The second-order valence-corrected chi connectivity index (χ2v) is 8.41. The van der Waals surface area contributed by atoms with Crippen molar-refractivity contribution in [1.29, 1.82) is 0 Å². The topological polar surface area (TPSA) is 84.3 Å². The Bertz CT molecular complexity index is 1210. The highest BCUT2D eigenvalue weighted by atomic mass is 35.5. The minimum Gasteiger partial charge on any atom is -0.328 e. The smallest absolute Gasteiger partial charge is 0.275 e. The van der Waals surface area contributed by atoms with Gasteiger partial charge in [0.15, 0.2) is 5.69 Å². The summed E-state index contributed by atoms with van der Waals surface area (Å²) in [4.78, 5) is 40.3. The van der Waals surface area contributed by atoms with Gasteiger partial charge < -0.3 is 10.2 Å². The maximum Gasteiger partial charge on any atom is 0.275 e. The molecular formula is C24H26Cl2N4O3. The number of nitrogens with one attached hydrogen (secondary N) is 1. The van der Waals surface area contributed by atoms with E-state index in [1.54, 1.807) is 49.4 Å². The molecule has 7 nitrogen and oxygen atoms in total. The lowest BCUT2D eigenvalue weighted by Gasteiger charge is -2.21. The maximum absolute atomic E-state index is 13.4. The zero-order valence-corrected chi connectivity index (χ0v) is 20.1. The van der Waals surface area contributed by atoms with E-state index in [4.69, 9.17) is 23.2 Å². The average Bonchev–Trinajstić information content (AvgIpc) is 2.81. The van der Waals surface area contributed by atoms with Crippen LogP contribution >= 0.6 is 23.2 Å². The SMILES string of the molecule is CCCCCn1nc(C(=O)N(CC)CC(=O)Nc2c(Cl)cccc2Cl)c2ccccc2c1=O. The third-order valence-electron chi connectivity index (χ3n) is 5.27. The van der Waals surface area contributed by atoms with Crippen LogP contribution in [0.25, 0.3) is 10.8 Å². The van der Waals surface area contributed by atoms with Crippen LogP contribution in [0.1, 0.15) is 43.6 Å². The van der Waals surface area contributed by atoms with Crippen LogP contribution in [0.15, 0.2) is 47.3 Å². The number of nitrogens with zero attached hydrogens (tertiary/aromatic N) is 3. The molecule has 1 N–H and O–H groups in total. The van der Waals surface area contributed by atoms with E-state index in [0.29, 0.717) is 33.0 Å². The van der Waals surface area contributed by atoms with E-state index in [0.717, 1.165) is 19.3 Å². The van der Waals surface area contributed by atoms with Gasteiger partial charge in [-0.2, -0.15) is 5.10 Å². The molecule has 0 bridgehead atoms. The van der Waals surface area contributed by atoms with Gasteiger partial charge in [0.25, 0.3) is 11.5 Å². The Kier molecular flexibility index (Phi) is 8.47. The van der Waals surface area contributed by atoms with E-state index in [2.05, 4.69) is 17.3 Å². The number of para-hydroxylation sites is 1. The van der Waals surface area contributed by atoms with E-state index in [1.165, 1.54) is 9.58 Å². The largest absolute Gasteiger partial charge is 0.328 e. The quantitative estimate of drug-likeness (QED) is 0.429. The Morgan fingerprint density at radius 3 is 2.30 bits per heavy atom. The zero-order chi connectivity index (χ0) is 24.0. The molecule has 0 aliphatic heterocycles. The first-order valence-electron chi connectivity index (χ1n) is 10.9. The molecule has 0 fully saturated rings. The van der Waals surface area contributed by atoms with Crippen molar-refractivity contribution in [3.8, 4) is 0 Å². The minimum absolute atomic E-state index is 0.145. The van der Waals surface area contributed by atoms with Crippen molar-refractivity contribution in [2.75, 3.05) is 18.4 Å². The first-order chi connectivity index (χ1) is 15.9. The number of anilines is 1. The van der Waals surface area contributed by atoms with Crippen LogP contribution in [-0.2, 0) is 11.3 Å². The Balaban J connectivity index is 1.90. The van der Waals surface area contributed by atoms with Gasteiger partial charge in [-0.15, -0.1) is 0 Å². The molecule has 0 aliphatic rings. The van der Waals surface area contributed by atoms with Gasteiger partial charge in [-0.25, -0.2) is 4.68 Å². The minimum atomic E-state index is -0.444. The molecule has 2 aromatic carbocycles. The van der Waals surface area contributed by atoms with Gasteiger partial charge >= 0.3 is 0 Å². The second-order valence-electron chi connectivity index (χ2n) is 7.59. The average molecular weight is 489 g/mol. The number of fused-ring (bicyclic) bond motifs is 1. The predicted octanol–water partition coefficient (Wildman–Crippen LogP) is 4.99. The van der Waals surface area contributed by atoms with Gasteiger partial charge in [0.1, 0.15) is 6.54 Å². The van der Waals surface area contributed by atoms with Gasteiger partial charge in [-0.05, 0) is 31.5 Å². The molecule has 1 aromatic heterocycles. The molecule has 174 valence electrons. The van der Waals surface area contributed by atoms with Crippen molar-refractivity contribution in [2.45, 2.75) is 39.7 Å². The highest BCUT2D eigenvalue weighted by molar-refractivity contribution is 6.39. The first kappa shape index (κ1) is 24.7. The highest BCUT2D eigenvalue weighted by Gasteiger charge is 2.23. The van der Waals surface area contributed by atoms with E-state index in [-0.39, 0.29) is 24.3 Å². The number of aryl methyl sites for hydroxylation is 1. The second kappa shape index (κ2) is 11.3. The van der Waals surface area contributed by atoms with Crippen LogP contribution in [0.3, 0.4) is 0 Å². The summed E-state index contributed by atoms with van der Waals surface area (Å²) in [5.74, 6) is -0.876. The van der Waals surface area contributed by atoms with Crippen LogP contribution in [0.4, 0.5) is 5.69 Å². The predicted molar refractivity (Wildman–Crippen MR) is 132 cm³/mol. The first-order valence-corrected chi connectivity index (χ1v) is 11.7. The van der Waals surface area contributed by atoms with E-state index in [9.17, 15) is 14.4 Å². The standard InChI is InChI=1S/C24H26Cl2N4O3/c1-3-5-8-14-30-23(32)17-11-7-6-10-16(17)21(28-30)24(33)29(4-2)15-20(31)27-22-18(25)12-9-13-19(22)26/h6-7,9-13H,3-5,8,14-15H2,1-2H3,(H,27,31). The molecule has 9 heteroatoms. The number of likely N-dealkylation sites (N-methyl/N-ethyl adjacent to an activating group) is 1. The molecule has 0 aliphatic carbocycles. The van der Waals surface area contributed by atoms with Gasteiger partial charge in [0.05, 0.1) is 21.1 Å². The van der Waals surface area contributed by atoms with Gasteiger partial charge in [0, 0.05) is 18.5 Å². The number of hydrogen-bond acceptors (Lipinski definition) is 4. The monoisotopic (exact) mass is 488 g/mol. The number of unbranched alkanes of at least 4 members (excludes halogenated alkanes) is 2. The lowest BCUT2D eigenvalue weighted by atomic mass is 10.1. The molecule has 33 heavy (non-hydrogen) atoms. The lowest BCUT2D eigenvalue weighted by Crippen LogP contribution is -2.39. The summed E-state index contributed by atoms with van der Waals surface area (Å²) in [7, 11) is 0. The molecular weight excluding hydrogens is 463 g/mol. The number of benzene rings is 2. The summed E-state index contributed by atoms with van der Waals surface area (Å²) < 4.78 is 1.35. The highest BCUT2D eigenvalue weighted by Crippen LogP contribution is 2.29. The van der Waals surface area contributed by atoms with Crippen molar-refractivity contribution < 1.29 is 9.59 Å². The molecule has 0 saturated heterocycles. The molecule has 0 radical (unpaired) electrons. The van der Waals surface area contributed by atoms with Crippen molar-refractivity contribution >= 4 is 51.5 Å². The Morgan fingerprint density at radius 1 is 1.00 bits per heavy atom. The fourth-order valence-corrected chi connectivity index (χ4v) is 3.99. The number of amides is 2. The van der Waals surface area contributed by atoms with Gasteiger partial charge in [0.2, 0.25) is 5.91 Å². The third kappa shape index (κ3) is 5.72. The summed E-state index contributed by atoms with van der Waals surface area (Å²) in [6.07, 6.45) is 2.74. The molecule has 1 heterocycles. The summed E-state index contributed by atoms with van der Waals surface area (Å²) in [6.45, 7) is 4.32. The molecule has 3 aromatic rings. The molecule has 0 atom stereocenters. The van der Waals surface area contributed by atoms with Crippen LogP contribution in [0.5, 0.6) is 0 Å². The van der Waals surface area contributed by atoms with Crippen LogP contribution in [0.2, 0.25) is 10.0 Å². The zero-order valence-electron chi connectivity index (χ0n) is 18.6. The van der Waals surface area contributed by atoms with Crippen molar-refractivity contribution in [3.63, 3.8) is 0 Å². The Labute approximate surface area is 202 Å². The van der Waals surface area contributed by atoms with E-state index < -0.39 is 11.8 Å². The molecule has 2 amide bonds. The molecule has 0 saturated carbocycles. The summed E-state index contributed by atoms with van der Waals surface area (Å²) in [5.41, 5.74) is 0.210. The van der Waals surface area contributed by atoms with E-state index in [1.807, 2.05) is 0 Å². The number of carbonyl (C=O) groups is 2. The Hall–Kier alpha value is -2.90. The summed E-state index contributed by atoms with van der Waals surface area (Å²) in [6, 6.07) is 11.8. The number of hydrogen-bond donors (Lipinski definition) is 1. The van der Waals surface area contributed by atoms with Crippen molar-refractivity contribution in [1.82, 2.24) is 14.7 Å². The number of aromatic nitrogens is 2. The fraction of sp³-hybridized carbons (Fsp3) is 0.333. The van der Waals surface area contributed by atoms with Crippen molar-refractivity contribution in [3.05, 3.63) is 68.6 Å². The van der Waals surface area contributed by atoms with Crippen molar-refractivity contribution in [2.24, 2.45) is 0 Å². The number of carbonyl (C=O) groups excluding carboxylic acids is 2. The molecule has 0 spiro atoms. The number of rotatable bonds is 9. The van der Waals surface area contributed by atoms with Gasteiger partial charge in [-0.1, -0.05) is 67.2 Å². The maximum atomic E-state index is 13.4. The molecule has 3 rings (SSSR count). The molecule has 0 unspecified atom stereocenters. The van der Waals surface area contributed by atoms with E-state index >= 15 is 0 Å². The van der Waals surface area contributed by atoms with Gasteiger partial charge in [-0.3, -0.25) is 14.4 Å². The normalized spacial score (nSPS) is 10.9. The van der Waals surface area contributed by atoms with Crippen LogP contribution in [-0.4, -0.2) is 39.6 Å².